The highest BCUT2D eigenvalue weighted by Gasteiger charge is 2.33. The Bertz CT molecular complexity index is 689. The van der Waals surface area contributed by atoms with E-state index >= 15 is 0 Å². The zero-order valence-electron chi connectivity index (χ0n) is 14.7. The van der Waals surface area contributed by atoms with Crippen LogP contribution in [0.2, 0.25) is 0 Å². The minimum absolute atomic E-state index is 0.0354. The number of esters is 1. The Morgan fingerprint density at radius 3 is 2.58 bits per heavy atom. The molecule has 0 aliphatic carbocycles. The highest BCUT2D eigenvalue weighted by Crippen LogP contribution is 2.12. The number of piperazine rings is 1. The summed E-state index contributed by atoms with van der Waals surface area (Å²) in [6, 6.07) is 5.71. The Kier molecular flexibility index (Phi) is 6.67. The van der Waals surface area contributed by atoms with Crippen molar-refractivity contribution in [1.29, 1.82) is 0 Å². The standard InChI is InChI=1S/C17H22N4O5/c1-18-16(24)11-3-5-12(6-4-11)20-14(22)10-21-8-7-19-17(25)13(21)9-15(23)26-2/h3-6,13H,7-10H2,1-2H3,(H,18,24)(H,19,25)(H,20,22)/t13-/m0/s1. The molecular weight excluding hydrogens is 340 g/mol. The van der Waals surface area contributed by atoms with Crippen LogP contribution in [0, 0.1) is 0 Å². The third-order valence-electron chi connectivity index (χ3n) is 4.03. The molecule has 0 saturated carbocycles. The fourth-order valence-electron chi connectivity index (χ4n) is 2.65. The van der Waals surface area contributed by atoms with Gasteiger partial charge in [-0.25, -0.2) is 0 Å². The molecule has 3 N–H and O–H groups in total. The third-order valence-corrected chi connectivity index (χ3v) is 4.03. The number of benzene rings is 1. The Balaban J connectivity index is 1.97. The van der Waals surface area contributed by atoms with E-state index in [9.17, 15) is 19.2 Å². The van der Waals surface area contributed by atoms with Gasteiger partial charge in [0.15, 0.2) is 0 Å². The van der Waals surface area contributed by atoms with E-state index in [2.05, 4.69) is 20.7 Å². The molecule has 0 radical (unpaired) electrons. The van der Waals surface area contributed by atoms with Crippen molar-refractivity contribution in [3.05, 3.63) is 29.8 Å². The maximum atomic E-state index is 12.3. The van der Waals surface area contributed by atoms with Crippen LogP contribution in [0.5, 0.6) is 0 Å². The molecule has 0 aromatic heterocycles. The summed E-state index contributed by atoms with van der Waals surface area (Å²) in [5.74, 6) is -1.35. The lowest BCUT2D eigenvalue weighted by atomic mass is 10.1. The van der Waals surface area contributed by atoms with E-state index in [1.165, 1.54) is 14.2 Å². The zero-order valence-corrected chi connectivity index (χ0v) is 14.7. The van der Waals surface area contributed by atoms with E-state index in [1.54, 1.807) is 29.2 Å². The molecule has 9 nitrogen and oxygen atoms in total. The minimum atomic E-state index is -0.738. The largest absolute Gasteiger partial charge is 0.469 e. The second-order valence-corrected chi connectivity index (χ2v) is 5.76. The van der Waals surface area contributed by atoms with Crippen molar-refractivity contribution >= 4 is 29.4 Å². The molecular formula is C17H22N4O5. The summed E-state index contributed by atoms with van der Waals surface area (Å²) in [6.45, 7) is 0.827. The predicted molar refractivity (Wildman–Crippen MR) is 93.5 cm³/mol. The van der Waals surface area contributed by atoms with Gasteiger partial charge in [-0.05, 0) is 24.3 Å². The Morgan fingerprint density at radius 1 is 1.27 bits per heavy atom. The molecule has 3 amide bonds. The first-order valence-electron chi connectivity index (χ1n) is 8.15. The van der Waals surface area contributed by atoms with Gasteiger partial charge in [-0.15, -0.1) is 0 Å². The number of ether oxygens (including phenoxy) is 1. The highest BCUT2D eigenvalue weighted by atomic mass is 16.5. The summed E-state index contributed by atoms with van der Waals surface area (Å²) in [6.07, 6.45) is -0.115. The first-order valence-corrected chi connectivity index (χ1v) is 8.15. The fourth-order valence-corrected chi connectivity index (χ4v) is 2.65. The molecule has 0 unspecified atom stereocenters. The van der Waals surface area contributed by atoms with E-state index in [0.717, 1.165) is 0 Å². The molecule has 1 saturated heterocycles. The van der Waals surface area contributed by atoms with Gasteiger partial charge in [-0.3, -0.25) is 24.1 Å². The molecule has 1 atom stereocenters. The van der Waals surface area contributed by atoms with Crippen molar-refractivity contribution in [2.75, 3.05) is 39.1 Å². The van der Waals surface area contributed by atoms with Crippen LogP contribution in [0.4, 0.5) is 5.69 Å². The van der Waals surface area contributed by atoms with Crippen molar-refractivity contribution in [2.24, 2.45) is 0 Å². The summed E-state index contributed by atoms with van der Waals surface area (Å²) < 4.78 is 4.61. The second kappa shape index (κ2) is 8.95. The predicted octanol–water partition coefficient (Wildman–Crippen LogP) is -0.652. The number of anilines is 1. The number of hydrogen-bond donors (Lipinski definition) is 3. The van der Waals surface area contributed by atoms with Gasteiger partial charge in [0, 0.05) is 31.4 Å². The number of rotatable bonds is 6. The SMILES string of the molecule is CNC(=O)c1ccc(NC(=O)CN2CCNC(=O)[C@@H]2CC(=O)OC)cc1. The molecule has 1 aromatic carbocycles. The van der Waals surface area contributed by atoms with Gasteiger partial charge in [0.1, 0.15) is 6.04 Å². The molecule has 1 fully saturated rings. The van der Waals surface area contributed by atoms with E-state index in [1.807, 2.05) is 0 Å². The molecule has 140 valence electrons. The van der Waals surface area contributed by atoms with Crippen molar-refractivity contribution in [1.82, 2.24) is 15.5 Å². The number of carbonyl (C=O) groups is 4. The molecule has 0 bridgehead atoms. The average molecular weight is 362 g/mol. The Labute approximate surface area is 151 Å². The van der Waals surface area contributed by atoms with E-state index in [-0.39, 0.29) is 30.7 Å². The van der Waals surface area contributed by atoms with Crippen molar-refractivity contribution in [2.45, 2.75) is 12.5 Å². The first kappa shape index (κ1) is 19.4. The van der Waals surface area contributed by atoms with Crippen molar-refractivity contribution < 1.29 is 23.9 Å². The molecule has 9 heteroatoms. The lowest BCUT2D eigenvalue weighted by Crippen LogP contribution is -2.57. The quantitative estimate of drug-likeness (QED) is 0.579. The number of carbonyl (C=O) groups excluding carboxylic acids is 4. The zero-order chi connectivity index (χ0) is 19.1. The molecule has 0 spiro atoms. The van der Waals surface area contributed by atoms with Gasteiger partial charge in [0.2, 0.25) is 11.8 Å². The topological polar surface area (TPSA) is 117 Å². The van der Waals surface area contributed by atoms with Crippen molar-refractivity contribution in [3.63, 3.8) is 0 Å². The summed E-state index contributed by atoms with van der Waals surface area (Å²) >= 11 is 0. The van der Waals surface area contributed by atoms with Gasteiger partial charge in [-0.2, -0.15) is 0 Å². The van der Waals surface area contributed by atoms with Crippen LogP contribution in [-0.4, -0.2) is 68.4 Å². The molecule has 1 heterocycles. The maximum Gasteiger partial charge on any atom is 0.307 e. The van der Waals surface area contributed by atoms with Crippen LogP contribution in [0.3, 0.4) is 0 Å². The lowest BCUT2D eigenvalue weighted by molar-refractivity contribution is -0.146. The number of amides is 3. The first-order chi connectivity index (χ1) is 12.4. The monoisotopic (exact) mass is 362 g/mol. The summed E-state index contributed by atoms with van der Waals surface area (Å²) in [7, 11) is 2.79. The fraction of sp³-hybridized carbons (Fsp3) is 0.412. The third kappa shape index (κ3) is 5.03. The van der Waals surface area contributed by atoms with Gasteiger partial charge in [-0.1, -0.05) is 0 Å². The molecule has 26 heavy (non-hydrogen) atoms. The normalized spacial score (nSPS) is 17.2. The van der Waals surface area contributed by atoms with E-state index in [0.29, 0.717) is 24.3 Å². The molecule has 1 aliphatic heterocycles. The van der Waals surface area contributed by atoms with Gasteiger partial charge in [0.25, 0.3) is 5.91 Å². The van der Waals surface area contributed by atoms with Crippen LogP contribution < -0.4 is 16.0 Å². The van der Waals surface area contributed by atoms with Crippen molar-refractivity contribution in [3.8, 4) is 0 Å². The summed E-state index contributed by atoms with van der Waals surface area (Å²) in [5.41, 5.74) is 1.02. The van der Waals surface area contributed by atoms with Crippen LogP contribution >= 0.6 is 0 Å². The minimum Gasteiger partial charge on any atom is -0.469 e. The van der Waals surface area contributed by atoms with E-state index < -0.39 is 12.0 Å². The van der Waals surface area contributed by atoms with Crippen LogP contribution in [0.15, 0.2) is 24.3 Å². The van der Waals surface area contributed by atoms with Gasteiger partial charge in [0.05, 0.1) is 20.1 Å². The van der Waals surface area contributed by atoms with Gasteiger partial charge >= 0.3 is 5.97 Å². The summed E-state index contributed by atoms with van der Waals surface area (Å²) in [5, 5.41) is 7.91. The number of nitrogens with one attached hydrogen (secondary N) is 3. The van der Waals surface area contributed by atoms with Crippen LogP contribution in [0.1, 0.15) is 16.8 Å². The average Bonchev–Trinajstić information content (AvgIpc) is 2.64. The van der Waals surface area contributed by atoms with Crippen LogP contribution in [-0.2, 0) is 19.1 Å². The number of methoxy groups -OCH3 is 1. The molecule has 1 aliphatic rings. The highest BCUT2D eigenvalue weighted by molar-refractivity contribution is 5.96. The molecule has 1 aromatic rings. The second-order valence-electron chi connectivity index (χ2n) is 5.76. The number of nitrogens with zero attached hydrogens (tertiary/aromatic N) is 1. The Morgan fingerprint density at radius 2 is 1.96 bits per heavy atom. The smallest absolute Gasteiger partial charge is 0.307 e. The maximum absolute atomic E-state index is 12.3. The lowest BCUT2D eigenvalue weighted by Gasteiger charge is -2.33. The number of hydrogen-bond acceptors (Lipinski definition) is 6. The van der Waals surface area contributed by atoms with E-state index in [4.69, 9.17) is 0 Å². The van der Waals surface area contributed by atoms with Gasteiger partial charge < -0.3 is 20.7 Å². The Hall–Kier alpha value is -2.94. The molecule has 2 rings (SSSR count). The van der Waals surface area contributed by atoms with Crippen LogP contribution in [0.25, 0.3) is 0 Å². The summed E-state index contributed by atoms with van der Waals surface area (Å²) in [4.78, 5) is 48.9.